The van der Waals surface area contributed by atoms with E-state index in [4.69, 9.17) is 4.74 Å². The van der Waals surface area contributed by atoms with E-state index in [1.165, 1.54) is 19.3 Å². The van der Waals surface area contributed by atoms with E-state index in [9.17, 15) is 10.0 Å². The largest absolute Gasteiger partial charge is 0.497 e. The lowest BCUT2D eigenvalue weighted by Crippen LogP contribution is -2.36. The highest BCUT2D eigenvalue weighted by molar-refractivity contribution is 6.04. The second-order valence-electron chi connectivity index (χ2n) is 7.14. The minimum atomic E-state index is -0.445. The number of likely N-dealkylation sites (tertiary alicyclic amines) is 1. The van der Waals surface area contributed by atoms with Crippen molar-refractivity contribution in [3.63, 3.8) is 0 Å². The molecule has 27 heavy (non-hydrogen) atoms. The van der Waals surface area contributed by atoms with E-state index >= 15 is 0 Å². The van der Waals surface area contributed by atoms with Crippen LogP contribution in [0.1, 0.15) is 41.6 Å². The van der Waals surface area contributed by atoms with Crippen LogP contribution in [0, 0.1) is 0 Å². The molecule has 0 radical (unpaired) electrons. The number of carbonyl (C=O) groups excluding carboxylic acids is 1. The highest BCUT2D eigenvalue weighted by Gasteiger charge is 2.21. The van der Waals surface area contributed by atoms with Crippen LogP contribution in [-0.4, -0.2) is 42.8 Å². The molecule has 1 aliphatic heterocycles. The number of carbonyl (C=O) groups is 1. The van der Waals surface area contributed by atoms with E-state index in [0.717, 1.165) is 30.0 Å². The van der Waals surface area contributed by atoms with Crippen LogP contribution in [0.25, 0.3) is 0 Å². The predicted octanol–water partition coefficient (Wildman–Crippen LogP) is 4.15. The smallest absolute Gasteiger partial charge is 0.281 e. The van der Waals surface area contributed by atoms with Gasteiger partial charge in [0.1, 0.15) is 5.75 Å². The molecule has 1 saturated heterocycles. The molecule has 0 spiro atoms. The molecule has 1 unspecified atom stereocenters. The fraction of sp³-hybridized carbons (Fsp3) is 0.409. The second-order valence-corrected chi connectivity index (χ2v) is 7.14. The predicted molar refractivity (Wildman–Crippen MR) is 107 cm³/mol. The summed E-state index contributed by atoms with van der Waals surface area (Å²) in [7, 11) is 3.76. The zero-order valence-electron chi connectivity index (χ0n) is 16.1. The molecule has 3 rings (SSSR count). The Morgan fingerprint density at radius 3 is 2.63 bits per heavy atom. The Hall–Kier alpha value is -2.37. The third kappa shape index (κ3) is 4.67. The minimum absolute atomic E-state index is 0.417. The van der Waals surface area contributed by atoms with Crippen molar-refractivity contribution in [2.45, 2.75) is 38.1 Å². The van der Waals surface area contributed by atoms with Crippen molar-refractivity contribution in [3.05, 3.63) is 59.7 Å². The molecule has 2 aromatic rings. The van der Waals surface area contributed by atoms with E-state index in [1.807, 2.05) is 18.2 Å². The molecule has 0 bridgehead atoms. The maximum absolute atomic E-state index is 12.7. The van der Waals surface area contributed by atoms with Gasteiger partial charge in [-0.15, -0.1) is 0 Å². The van der Waals surface area contributed by atoms with Gasteiger partial charge in [0, 0.05) is 11.6 Å². The van der Waals surface area contributed by atoms with Gasteiger partial charge in [0.05, 0.1) is 12.8 Å². The van der Waals surface area contributed by atoms with Crippen molar-refractivity contribution < 1.29 is 14.7 Å². The van der Waals surface area contributed by atoms with Crippen LogP contribution in [0.2, 0.25) is 0 Å². The molecule has 1 heterocycles. The van der Waals surface area contributed by atoms with Gasteiger partial charge in [0.25, 0.3) is 5.91 Å². The molecule has 1 amide bonds. The first-order chi connectivity index (χ1) is 13.1. The highest BCUT2D eigenvalue weighted by Crippen LogP contribution is 2.26. The molecule has 0 aromatic heterocycles. The Bertz CT molecular complexity index is 760. The van der Waals surface area contributed by atoms with Gasteiger partial charge in [-0.3, -0.25) is 10.0 Å². The van der Waals surface area contributed by atoms with Gasteiger partial charge in [-0.25, -0.2) is 0 Å². The SMILES string of the molecule is COc1ccc(C(=O)N(O)c2ccccc2CCC2CCCCN2C)cc1. The zero-order chi connectivity index (χ0) is 19.2. The maximum Gasteiger partial charge on any atom is 0.281 e. The van der Waals surface area contributed by atoms with Crippen LogP contribution in [0.3, 0.4) is 0 Å². The van der Waals surface area contributed by atoms with Gasteiger partial charge in [0.2, 0.25) is 0 Å². The Kier molecular flexibility index (Phi) is 6.48. The lowest BCUT2D eigenvalue weighted by Gasteiger charge is -2.32. The number of ether oxygens (including phenoxy) is 1. The molecular formula is C22H28N2O3. The first-order valence-corrected chi connectivity index (χ1v) is 9.55. The number of amides is 1. The lowest BCUT2D eigenvalue weighted by molar-refractivity contribution is 0.0854. The summed E-state index contributed by atoms with van der Waals surface area (Å²) in [6.45, 7) is 1.15. The molecule has 1 aliphatic rings. The summed E-state index contributed by atoms with van der Waals surface area (Å²) in [5.41, 5.74) is 1.96. The molecule has 5 heteroatoms. The zero-order valence-corrected chi connectivity index (χ0v) is 16.1. The second kappa shape index (κ2) is 9.02. The highest BCUT2D eigenvalue weighted by atomic mass is 16.5. The number of hydroxylamine groups is 1. The van der Waals surface area contributed by atoms with Crippen molar-refractivity contribution in [3.8, 4) is 5.75 Å². The first-order valence-electron chi connectivity index (χ1n) is 9.55. The number of methoxy groups -OCH3 is 1. The van der Waals surface area contributed by atoms with E-state index in [-0.39, 0.29) is 0 Å². The molecular weight excluding hydrogens is 340 g/mol. The van der Waals surface area contributed by atoms with E-state index in [0.29, 0.717) is 23.0 Å². The van der Waals surface area contributed by atoms with Crippen LogP contribution in [-0.2, 0) is 6.42 Å². The average Bonchev–Trinajstić information content (AvgIpc) is 2.72. The number of piperidine rings is 1. The van der Waals surface area contributed by atoms with Crippen molar-refractivity contribution in [2.24, 2.45) is 0 Å². The lowest BCUT2D eigenvalue weighted by atomic mass is 9.96. The van der Waals surface area contributed by atoms with Gasteiger partial charge in [0.15, 0.2) is 0 Å². The molecule has 1 atom stereocenters. The van der Waals surface area contributed by atoms with E-state index in [1.54, 1.807) is 37.4 Å². The number of rotatable bonds is 6. The maximum atomic E-state index is 12.7. The van der Waals surface area contributed by atoms with E-state index in [2.05, 4.69) is 11.9 Å². The summed E-state index contributed by atoms with van der Waals surface area (Å²) in [6, 6.07) is 14.9. The number of hydrogen-bond donors (Lipinski definition) is 1. The summed E-state index contributed by atoms with van der Waals surface area (Å²) >= 11 is 0. The van der Waals surface area contributed by atoms with Crippen LogP contribution >= 0.6 is 0 Å². The van der Waals surface area contributed by atoms with Gasteiger partial charge in [-0.2, -0.15) is 5.06 Å². The first kappa shape index (κ1) is 19.4. The Morgan fingerprint density at radius 1 is 1.19 bits per heavy atom. The summed E-state index contributed by atoms with van der Waals surface area (Å²) < 4.78 is 5.12. The Balaban J connectivity index is 1.72. The summed E-state index contributed by atoms with van der Waals surface area (Å²) in [5, 5.41) is 11.3. The summed E-state index contributed by atoms with van der Waals surface area (Å²) in [5.74, 6) is 0.230. The van der Waals surface area contributed by atoms with Gasteiger partial charge < -0.3 is 9.64 Å². The quantitative estimate of drug-likeness (QED) is 0.615. The molecule has 2 aromatic carbocycles. The van der Waals surface area contributed by atoms with E-state index < -0.39 is 5.91 Å². The monoisotopic (exact) mass is 368 g/mol. The Labute approximate surface area is 161 Å². The average molecular weight is 368 g/mol. The van der Waals surface area contributed by atoms with Crippen molar-refractivity contribution >= 4 is 11.6 Å². The number of hydrogen-bond acceptors (Lipinski definition) is 4. The van der Waals surface area contributed by atoms with Crippen molar-refractivity contribution in [1.29, 1.82) is 0 Å². The number of nitrogens with zero attached hydrogens (tertiary/aromatic N) is 2. The fourth-order valence-electron chi connectivity index (χ4n) is 3.73. The van der Waals surface area contributed by atoms with Crippen LogP contribution in [0.15, 0.2) is 48.5 Å². The van der Waals surface area contributed by atoms with Crippen molar-refractivity contribution in [2.75, 3.05) is 25.8 Å². The molecule has 5 nitrogen and oxygen atoms in total. The van der Waals surface area contributed by atoms with Crippen LogP contribution < -0.4 is 9.80 Å². The number of aryl methyl sites for hydroxylation is 1. The minimum Gasteiger partial charge on any atom is -0.497 e. The normalized spacial score (nSPS) is 17.5. The van der Waals surface area contributed by atoms with Gasteiger partial charge in [-0.05, 0) is 75.2 Å². The Morgan fingerprint density at radius 2 is 1.93 bits per heavy atom. The standard InChI is InChI=1S/C22H28N2O3/c1-23-16-6-5-8-19(23)13-10-17-7-3-4-9-21(17)24(26)22(25)18-11-14-20(27-2)15-12-18/h3-4,7,9,11-12,14-15,19,26H,5-6,8,10,13,16H2,1-2H3. The molecule has 144 valence electrons. The van der Waals surface area contributed by atoms with Crippen molar-refractivity contribution in [1.82, 2.24) is 4.90 Å². The molecule has 0 saturated carbocycles. The van der Waals surface area contributed by atoms with Crippen LogP contribution in [0.4, 0.5) is 5.69 Å². The number of para-hydroxylation sites is 1. The third-order valence-corrected chi connectivity index (χ3v) is 5.42. The summed E-state index contributed by atoms with van der Waals surface area (Å²) in [6.07, 6.45) is 5.62. The van der Waals surface area contributed by atoms with Gasteiger partial charge in [-0.1, -0.05) is 24.6 Å². The number of anilines is 1. The third-order valence-electron chi connectivity index (χ3n) is 5.42. The topological polar surface area (TPSA) is 53.0 Å². The molecule has 0 aliphatic carbocycles. The van der Waals surface area contributed by atoms with Crippen LogP contribution in [0.5, 0.6) is 5.75 Å². The fourth-order valence-corrected chi connectivity index (χ4v) is 3.73. The number of benzene rings is 2. The summed E-state index contributed by atoms with van der Waals surface area (Å²) in [4.78, 5) is 15.1. The molecule has 1 fully saturated rings. The van der Waals surface area contributed by atoms with Gasteiger partial charge >= 0.3 is 0 Å². The molecule has 1 N–H and O–H groups in total.